The number of nitrogens with one attached hydrogen (secondary N) is 1. The van der Waals surface area contributed by atoms with Crippen LogP contribution in [0.5, 0.6) is 5.75 Å². The summed E-state index contributed by atoms with van der Waals surface area (Å²) < 4.78 is 5.37. The molecule has 0 atom stereocenters. The van der Waals surface area contributed by atoms with Crippen molar-refractivity contribution < 1.29 is 9.53 Å². The molecule has 3 nitrogen and oxygen atoms in total. The molecule has 1 amide bonds. The molecule has 0 aliphatic carbocycles. The van der Waals surface area contributed by atoms with Crippen LogP contribution in [0, 0.1) is 6.92 Å². The molecule has 21 heavy (non-hydrogen) atoms. The van der Waals surface area contributed by atoms with E-state index in [2.05, 4.69) is 5.32 Å². The number of amides is 1. The van der Waals surface area contributed by atoms with Gasteiger partial charge in [0.2, 0.25) is 5.91 Å². The summed E-state index contributed by atoms with van der Waals surface area (Å²) in [5.74, 6) is 0.742. The van der Waals surface area contributed by atoms with E-state index in [9.17, 15) is 4.79 Å². The number of rotatable bonds is 5. The Morgan fingerprint density at radius 2 is 1.90 bits per heavy atom. The second kappa shape index (κ2) is 7.14. The summed E-state index contributed by atoms with van der Waals surface area (Å²) in [5, 5.41) is 3.49. The number of benzene rings is 2. The van der Waals surface area contributed by atoms with E-state index >= 15 is 0 Å². The van der Waals surface area contributed by atoms with Crippen LogP contribution >= 0.6 is 11.6 Å². The molecular weight excluding hydrogens is 286 g/mol. The van der Waals surface area contributed by atoms with Crippen LogP contribution in [-0.4, -0.2) is 12.5 Å². The average Bonchev–Trinajstić information content (AvgIpc) is 2.45. The molecular formula is C17H18ClNO2. The number of carbonyl (C=O) groups is 1. The number of aryl methyl sites for hydroxylation is 1. The topological polar surface area (TPSA) is 38.3 Å². The van der Waals surface area contributed by atoms with Gasteiger partial charge in [-0.3, -0.25) is 4.79 Å². The second-order valence-corrected chi connectivity index (χ2v) is 5.17. The van der Waals surface area contributed by atoms with Crippen LogP contribution < -0.4 is 10.1 Å². The van der Waals surface area contributed by atoms with Gasteiger partial charge in [0.15, 0.2) is 0 Å². The second-order valence-electron chi connectivity index (χ2n) is 4.77. The van der Waals surface area contributed by atoms with E-state index in [1.165, 1.54) is 0 Å². The van der Waals surface area contributed by atoms with E-state index in [-0.39, 0.29) is 5.91 Å². The molecule has 4 heteroatoms. The van der Waals surface area contributed by atoms with Gasteiger partial charge < -0.3 is 10.1 Å². The molecule has 2 aromatic carbocycles. The number of hydrogen-bond donors (Lipinski definition) is 1. The predicted octanol–water partition coefficient (Wildman–Crippen LogP) is 4.23. The van der Waals surface area contributed by atoms with Crippen molar-refractivity contribution in [1.29, 1.82) is 0 Å². The summed E-state index contributed by atoms with van der Waals surface area (Å²) in [5.41, 5.74) is 2.64. The van der Waals surface area contributed by atoms with Gasteiger partial charge in [-0.05, 0) is 49.2 Å². The van der Waals surface area contributed by atoms with Gasteiger partial charge in [0, 0.05) is 10.7 Å². The smallest absolute Gasteiger partial charge is 0.228 e. The molecule has 2 aromatic rings. The van der Waals surface area contributed by atoms with Crippen LogP contribution in [-0.2, 0) is 11.2 Å². The van der Waals surface area contributed by atoms with E-state index in [1.54, 1.807) is 6.07 Å². The lowest BCUT2D eigenvalue weighted by Gasteiger charge is -2.08. The zero-order valence-electron chi connectivity index (χ0n) is 12.2. The van der Waals surface area contributed by atoms with Crippen molar-refractivity contribution in [2.75, 3.05) is 11.9 Å². The largest absolute Gasteiger partial charge is 0.494 e. The standard InChI is InChI=1S/C17H18ClNO2/c1-3-21-15-8-5-13(6-9-15)10-17(20)19-14-7-4-12(2)16(18)11-14/h4-9,11H,3,10H2,1-2H3,(H,19,20). The van der Waals surface area contributed by atoms with Gasteiger partial charge in [-0.1, -0.05) is 29.8 Å². The van der Waals surface area contributed by atoms with Crippen LogP contribution in [0.25, 0.3) is 0 Å². The molecule has 0 radical (unpaired) electrons. The van der Waals surface area contributed by atoms with Crippen LogP contribution in [0.1, 0.15) is 18.1 Å². The van der Waals surface area contributed by atoms with Crippen molar-refractivity contribution >= 4 is 23.2 Å². The van der Waals surface area contributed by atoms with Crippen LogP contribution in [0.2, 0.25) is 5.02 Å². The maximum atomic E-state index is 12.0. The molecule has 0 saturated carbocycles. The molecule has 0 spiro atoms. The lowest BCUT2D eigenvalue weighted by atomic mass is 10.1. The molecule has 0 fully saturated rings. The quantitative estimate of drug-likeness (QED) is 0.897. The monoisotopic (exact) mass is 303 g/mol. The molecule has 0 saturated heterocycles. The van der Waals surface area contributed by atoms with Crippen molar-refractivity contribution in [3.63, 3.8) is 0 Å². The van der Waals surface area contributed by atoms with E-state index < -0.39 is 0 Å². The third kappa shape index (κ3) is 4.50. The van der Waals surface area contributed by atoms with Gasteiger partial charge in [0.05, 0.1) is 13.0 Å². The number of ether oxygens (including phenoxy) is 1. The lowest BCUT2D eigenvalue weighted by molar-refractivity contribution is -0.115. The first kappa shape index (κ1) is 15.4. The van der Waals surface area contributed by atoms with Crippen molar-refractivity contribution in [2.24, 2.45) is 0 Å². The summed E-state index contributed by atoms with van der Waals surface area (Å²) >= 11 is 6.04. The molecule has 0 aliphatic heterocycles. The Labute approximate surface area is 129 Å². The summed E-state index contributed by atoms with van der Waals surface area (Å²) in [4.78, 5) is 12.0. The van der Waals surface area contributed by atoms with Crippen LogP contribution in [0.4, 0.5) is 5.69 Å². The summed E-state index contributed by atoms with van der Waals surface area (Å²) in [6.07, 6.45) is 0.317. The molecule has 0 aromatic heterocycles. The Morgan fingerprint density at radius 3 is 2.52 bits per heavy atom. The highest BCUT2D eigenvalue weighted by atomic mass is 35.5. The van der Waals surface area contributed by atoms with Crippen LogP contribution in [0.3, 0.4) is 0 Å². The molecule has 0 heterocycles. The summed E-state index contributed by atoms with van der Waals surface area (Å²) in [6, 6.07) is 13.0. The maximum Gasteiger partial charge on any atom is 0.228 e. The number of carbonyl (C=O) groups excluding carboxylic acids is 1. The fraction of sp³-hybridized carbons (Fsp3) is 0.235. The zero-order valence-corrected chi connectivity index (χ0v) is 12.9. The lowest BCUT2D eigenvalue weighted by Crippen LogP contribution is -2.14. The minimum absolute atomic E-state index is 0.0703. The first-order valence-corrected chi connectivity index (χ1v) is 7.24. The highest BCUT2D eigenvalue weighted by Gasteiger charge is 2.05. The first-order chi connectivity index (χ1) is 10.1. The molecule has 1 N–H and O–H groups in total. The average molecular weight is 304 g/mol. The van der Waals surface area contributed by atoms with E-state index in [1.807, 2.05) is 50.2 Å². The first-order valence-electron chi connectivity index (χ1n) is 6.86. The Kier molecular flexibility index (Phi) is 5.23. The minimum Gasteiger partial charge on any atom is -0.494 e. The van der Waals surface area contributed by atoms with E-state index in [0.29, 0.717) is 23.7 Å². The number of anilines is 1. The van der Waals surface area contributed by atoms with Crippen LogP contribution in [0.15, 0.2) is 42.5 Å². The van der Waals surface area contributed by atoms with Gasteiger partial charge in [0.1, 0.15) is 5.75 Å². The maximum absolute atomic E-state index is 12.0. The van der Waals surface area contributed by atoms with Gasteiger partial charge in [-0.15, -0.1) is 0 Å². The van der Waals surface area contributed by atoms with Gasteiger partial charge in [-0.2, -0.15) is 0 Å². The molecule has 0 aliphatic rings. The Bertz CT molecular complexity index is 623. The molecule has 2 rings (SSSR count). The fourth-order valence-corrected chi connectivity index (χ4v) is 2.11. The highest BCUT2D eigenvalue weighted by molar-refractivity contribution is 6.31. The third-order valence-corrected chi connectivity index (χ3v) is 3.46. The predicted molar refractivity (Wildman–Crippen MR) is 86.1 cm³/mol. The van der Waals surface area contributed by atoms with Crippen molar-refractivity contribution in [2.45, 2.75) is 20.3 Å². The number of hydrogen-bond acceptors (Lipinski definition) is 2. The normalized spacial score (nSPS) is 10.2. The van der Waals surface area contributed by atoms with E-state index in [4.69, 9.17) is 16.3 Å². The Hall–Kier alpha value is -2.00. The molecule has 0 unspecified atom stereocenters. The summed E-state index contributed by atoms with van der Waals surface area (Å²) in [7, 11) is 0. The summed E-state index contributed by atoms with van der Waals surface area (Å²) in [6.45, 7) is 4.50. The fourth-order valence-electron chi connectivity index (χ4n) is 1.93. The van der Waals surface area contributed by atoms with Gasteiger partial charge >= 0.3 is 0 Å². The third-order valence-electron chi connectivity index (χ3n) is 3.05. The molecule has 0 bridgehead atoms. The highest BCUT2D eigenvalue weighted by Crippen LogP contribution is 2.20. The van der Waals surface area contributed by atoms with Gasteiger partial charge in [-0.25, -0.2) is 0 Å². The Morgan fingerprint density at radius 1 is 1.19 bits per heavy atom. The zero-order chi connectivity index (χ0) is 15.2. The number of halogens is 1. The molecule has 110 valence electrons. The van der Waals surface area contributed by atoms with Gasteiger partial charge in [0.25, 0.3) is 0 Å². The van der Waals surface area contributed by atoms with E-state index in [0.717, 1.165) is 16.9 Å². The van der Waals surface area contributed by atoms with Crippen molar-refractivity contribution in [3.8, 4) is 5.75 Å². The minimum atomic E-state index is -0.0703. The van der Waals surface area contributed by atoms with Crippen molar-refractivity contribution in [1.82, 2.24) is 0 Å². The SMILES string of the molecule is CCOc1ccc(CC(=O)Nc2ccc(C)c(Cl)c2)cc1. The Balaban J connectivity index is 1.96. The van der Waals surface area contributed by atoms with Crippen molar-refractivity contribution in [3.05, 3.63) is 58.6 Å².